The Bertz CT molecular complexity index is 362. The quantitative estimate of drug-likeness (QED) is 0.642. The molecular formula is C9H8N2O2. The summed E-state index contributed by atoms with van der Waals surface area (Å²) in [6.07, 6.45) is 0.534. The highest BCUT2D eigenvalue weighted by Gasteiger charge is 2.29. The molecule has 0 saturated carbocycles. The molecule has 13 heavy (non-hydrogen) atoms. The van der Waals surface area contributed by atoms with Crippen molar-refractivity contribution in [3.05, 3.63) is 29.8 Å². The third-order valence-electron chi connectivity index (χ3n) is 2.03. The summed E-state index contributed by atoms with van der Waals surface area (Å²) in [5.41, 5.74) is 1.59. The summed E-state index contributed by atoms with van der Waals surface area (Å²) in [5.74, 6) is -0.187. The Balaban J connectivity index is 2.40. The third-order valence-corrected chi connectivity index (χ3v) is 2.03. The van der Waals surface area contributed by atoms with Crippen LogP contribution in [0, 0.1) is 0 Å². The van der Waals surface area contributed by atoms with Gasteiger partial charge in [0.2, 0.25) is 6.41 Å². The van der Waals surface area contributed by atoms with Gasteiger partial charge in [-0.3, -0.25) is 9.59 Å². The topological polar surface area (TPSA) is 58.2 Å². The van der Waals surface area contributed by atoms with Gasteiger partial charge < -0.3 is 10.6 Å². The Kier molecular flexibility index (Phi) is 1.73. The van der Waals surface area contributed by atoms with Crippen molar-refractivity contribution in [3.63, 3.8) is 0 Å². The molecule has 0 fully saturated rings. The van der Waals surface area contributed by atoms with Gasteiger partial charge in [0.1, 0.15) is 6.04 Å². The number of para-hydroxylation sites is 1. The molecule has 2 amide bonds. The fourth-order valence-electron chi connectivity index (χ4n) is 1.44. The molecule has 1 aliphatic heterocycles. The van der Waals surface area contributed by atoms with E-state index < -0.39 is 6.04 Å². The lowest BCUT2D eigenvalue weighted by Gasteiger charge is -2.05. The summed E-state index contributed by atoms with van der Waals surface area (Å²) in [6, 6.07) is 6.75. The summed E-state index contributed by atoms with van der Waals surface area (Å²) in [7, 11) is 0. The largest absolute Gasteiger partial charge is 0.343 e. The summed E-state index contributed by atoms with van der Waals surface area (Å²) >= 11 is 0. The first-order chi connectivity index (χ1) is 6.33. The average molecular weight is 176 g/mol. The molecule has 4 nitrogen and oxygen atoms in total. The molecule has 0 spiro atoms. The van der Waals surface area contributed by atoms with Crippen LogP contribution in [0.1, 0.15) is 11.6 Å². The summed E-state index contributed by atoms with van der Waals surface area (Å²) in [5, 5.41) is 5.13. The van der Waals surface area contributed by atoms with Crippen molar-refractivity contribution in [3.8, 4) is 0 Å². The lowest BCUT2D eigenvalue weighted by molar-refractivity contribution is -0.120. The van der Waals surface area contributed by atoms with Gasteiger partial charge in [-0.1, -0.05) is 18.2 Å². The van der Waals surface area contributed by atoms with Gasteiger partial charge in [0.25, 0.3) is 5.91 Å². The van der Waals surface area contributed by atoms with Crippen LogP contribution in [-0.2, 0) is 9.59 Å². The van der Waals surface area contributed by atoms with E-state index in [9.17, 15) is 9.59 Å². The average Bonchev–Trinajstić information content (AvgIpc) is 2.44. The van der Waals surface area contributed by atoms with Crippen molar-refractivity contribution in [2.75, 3.05) is 5.32 Å². The highest BCUT2D eigenvalue weighted by atomic mass is 16.2. The van der Waals surface area contributed by atoms with Crippen LogP contribution in [-0.4, -0.2) is 12.3 Å². The number of nitrogens with one attached hydrogen (secondary N) is 2. The van der Waals surface area contributed by atoms with Gasteiger partial charge in [0.15, 0.2) is 0 Å². The second-order valence-electron chi connectivity index (χ2n) is 2.79. The van der Waals surface area contributed by atoms with E-state index in [-0.39, 0.29) is 5.91 Å². The Labute approximate surface area is 74.9 Å². The van der Waals surface area contributed by atoms with Crippen LogP contribution in [0.4, 0.5) is 5.69 Å². The molecule has 0 aromatic heterocycles. The molecule has 4 heteroatoms. The standard InChI is InChI=1S/C9H8N2O2/c12-5-10-8-6-3-1-2-4-7(6)11-9(8)13/h1-5,8H,(H,10,12)(H,11,13). The zero-order chi connectivity index (χ0) is 9.26. The Morgan fingerprint density at radius 2 is 2.15 bits per heavy atom. The Morgan fingerprint density at radius 3 is 2.92 bits per heavy atom. The monoisotopic (exact) mass is 176 g/mol. The zero-order valence-corrected chi connectivity index (χ0v) is 6.78. The zero-order valence-electron chi connectivity index (χ0n) is 6.78. The minimum Gasteiger partial charge on any atom is -0.343 e. The molecule has 1 aromatic carbocycles. The van der Waals surface area contributed by atoms with Gasteiger partial charge in [-0.25, -0.2) is 0 Å². The summed E-state index contributed by atoms with van der Waals surface area (Å²) < 4.78 is 0. The summed E-state index contributed by atoms with van der Waals surface area (Å²) in [6.45, 7) is 0. The first-order valence-corrected chi connectivity index (χ1v) is 3.92. The number of hydrogen-bond acceptors (Lipinski definition) is 2. The van der Waals surface area contributed by atoms with Crippen molar-refractivity contribution in [1.29, 1.82) is 0 Å². The molecule has 1 unspecified atom stereocenters. The second-order valence-corrected chi connectivity index (χ2v) is 2.79. The Morgan fingerprint density at radius 1 is 1.38 bits per heavy atom. The normalized spacial score (nSPS) is 19.1. The van der Waals surface area contributed by atoms with E-state index >= 15 is 0 Å². The lowest BCUT2D eigenvalue weighted by atomic mass is 10.1. The number of amides is 2. The number of fused-ring (bicyclic) bond motifs is 1. The van der Waals surface area contributed by atoms with Crippen LogP contribution in [0.5, 0.6) is 0 Å². The Hall–Kier alpha value is -1.84. The highest BCUT2D eigenvalue weighted by Crippen LogP contribution is 2.29. The predicted octanol–water partition coefficient (Wildman–Crippen LogP) is 0.426. The minimum absolute atomic E-state index is 0.187. The van der Waals surface area contributed by atoms with Gasteiger partial charge in [-0.05, 0) is 6.07 Å². The molecule has 1 aliphatic rings. The van der Waals surface area contributed by atoms with Crippen molar-refractivity contribution >= 4 is 18.0 Å². The van der Waals surface area contributed by atoms with Crippen LogP contribution in [0.25, 0.3) is 0 Å². The fourth-order valence-corrected chi connectivity index (χ4v) is 1.44. The van der Waals surface area contributed by atoms with E-state index in [1.807, 2.05) is 18.2 Å². The molecule has 1 aromatic rings. The van der Waals surface area contributed by atoms with E-state index in [1.54, 1.807) is 6.07 Å². The van der Waals surface area contributed by atoms with Crippen LogP contribution in [0.15, 0.2) is 24.3 Å². The lowest BCUT2D eigenvalue weighted by Crippen LogP contribution is -2.26. The number of rotatable bonds is 2. The molecule has 1 heterocycles. The second kappa shape index (κ2) is 2.90. The van der Waals surface area contributed by atoms with Gasteiger partial charge >= 0.3 is 0 Å². The van der Waals surface area contributed by atoms with Gasteiger partial charge in [0.05, 0.1) is 0 Å². The first-order valence-electron chi connectivity index (χ1n) is 3.92. The van der Waals surface area contributed by atoms with Crippen LogP contribution in [0.3, 0.4) is 0 Å². The third kappa shape index (κ3) is 1.16. The van der Waals surface area contributed by atoms with Gasteiger partial charge in [0, 0.05) is 11.3 Å². The maximum Gasteiger partial charge on any atom is 0.251 e. The first kappa shape index (κ1) is 7.79. The molecule has 0 aliphatic carbocycles. The molecule has 0 radical (unpaired) electrons. The van der Waals surface area contributed by atoms with E-state index in [0.717, 1.165) is 11.3 Å². The van der Waals surface area contributed by atoms with Gasteiger partial charge in [-0.15, -0.1) is 0 Å². The highest BCUT2D eigenvalue weighted by molar-refractivity contribution is 6.03. The van der Waals surface area contributed by atoms with Crippen molar-refractivity contribution in [2.45, 2.75) is 6.04 Å². The maximum absolute atomic E-state index is 11.3. The molecule has 1 atom stereocenters. The van der Waals surface area contributed by atoms with E-state index in [4.69, 9.17) is 0 Å². The van der Waals surface area contributed by atoms with Crippen molar-refractivity contribution in [1.82, 2.24) is 5.32 Å². The summed E-state index contributed by atoms with van der Waals surface area (Å²) in [4.78, 5) is 21.5. The number of carbonyl (C=O) groups excluding carboxylic acids is 2. The fraction of sp³-hybridized carbons (Fsp3) is 0.111. The maximum atomic E-state index is 11.3. The minimum atomic E-state index is -0.534. The SMILES string of the molecule is O=CNC1C(=O)Nc2ccccc21. The number of anilines is 1. The molecule has 66 valence electrons. The van der Waals surface area contributed by atoms with Crippen LogP contribution < -0.4 is 10.6 Å². The smallest absolute Gasteiger partial charge is 0.251 e. The molecular weight excluding hydrogens is 168 g/mol. The van der Waals surface area contributed by atoms with E-state index in [2.05, 4.69) is 10.6 Å². The molecule has 0 bridgehead atoms. The molecule has 2 N–H and O–H groups in total. The van der Waals surface area contributed by atoms with E-state index in [1.165, 1.54) is 0 Å². The molecule has 0 saturated heterocycles. The predicted molar refractivity (Wildman–Crippen MR) is 47.0 cm³/mol. The van der Waals surface area contributed by atoms with E-state index in [0.29, 0.717) is 6.41 Å². The molecule has 2 rings (SSSR count). The number of hydrogen-bond donors (Lipinski definition) is 2. The van der Waals surface area contributed by atoms with Crippen molar-refractivity contribution in [2.24, 2.45) is 0 Å². The number of benzene rings is 1. The van der Waals surface area contributed by atoms with Crippen LogP contribution in [0.2, 0.25) is 0 Å². The van der Waals surface area contributed by atoms with Gasteiger partial charge in [-0.2, -0.15) is 0 Å². The van der Waals surface area contributed by atoms with Crippen molar-refractivity contribution < 1.29 is 9.59 Å². The number of carbonyl (C=O) groups is 2. The van der Waals surface area contributed by atoms with Crippen LogP contribution >= 0.6 is 0 Å².